The Bertz CT molecular complexity index is 6450. The van der Waals surface area contributed by atoms with E-state index in [4.69, 9.17) is 24.4 Å². The molecule has 0 saturated carbocycles. The second kappa shape index (κ2) is 22.2. The zero-order chi connectivity index (χ0) is 62.5. The van der Waals surface area contributed by atoms with Crippen molar-refractivity contribution in [1.82, 2.24) is 19.9 Å². The fourth-order valence-electron chi connectivity index (χ4n) is 15.0. The average molecular weight is 1210 g/mol. The lowest BCUT2D eigenvalue weighted by Gasteiger charge is -2.17. The molecule has 1 unspecified atom stereocenters. The van der Waals surface area contributed by atoms with Gasteiger partial charge in [-0.15, -0.1) is 0 Å². The average Bonchev–Trinajstić information content (AvgIpc) is 1.21. The molecule has 1 aliphatic rings. The van der Waals surface area contributed by atoms with Crippen LogP contribution < -0.4 is 0 Å². The molecule has 95 heavy (non-hydrogen) atoms. The Balaban J connectivity index is 0.000000136. The predicted octanol–water partition coefficient (Wildman–Crippen LogP) is 24.3. The Kier molecular flexibility index (Phi) is 12.7. The number of allylic oxidation sites excluding steroid dienone is 4. The topological polar surface area (TPSA) is 64.7 Å². The van der Waals surface area contributed by atoms with Crippen LogP contribution in [0.15, 0.2) is 326 Å². The minimum absolute atomic E-state index is 0.219. The van der Waals surface area contributed by atoms with Crippen LogP contribution in [0.2, 0.25) is 0 Å². The van der Waals surface area contributed by atoms with Crippen LogP contribution in [-0.4, -0.2) is 19.9 Å². The van der Waals surface area contributed by atoms with Gasteiger partial charge in [0, 0.05) is 33.4 Å². The summed E-state index contributed by atoms with van der Waals surface area (Å²) < 4.78 is 6.15. The maximum Gasteiger partial charge on any atom is 0.135 e. The first-order valence-corrected chi connectivity index (χ1v) is 32.6. The van der Waals surface area contributed by atoms with Crippen molar-refractivity contribution in [1.29, 1.82) is 0 Å². The molecule has 0 amide bonds. The third-order valence-corrected chi connectivity index (χ3v) is 19.5. The van der Waals surface area contributed by atoms with Gasteiger partial charge >= 0.3 is 0 Å². The Hall–Kier alpha value is -12.4. The van der Waals surface area contributed by atoms with E-state index in [0.29, 0.717) is 0 Å². The van der Waals surface area contributed by atoms with Crippen molar-refractivity contribution in [3.63, 3.8) is 0 Å². The van der Waals surface area contributed by atoms with Gasteiger partial charge in [-0.3, -0.25) is 0 Å². The molecule has 1 atom stereocenters. The van der Waals surface area contributed by atoms with Crippen LogP contribution in [0.4, 0.5) is 0 Å². The molecular weight excluding hydrogens is 1150 g/mol. The largest absolute Gasteiger partial charge is 0.456 e. The second-order valence-electron chi connectivity index (χ2n) is 25.0. The standard InChI is InChI=1S/C48H28N2O.C42H28N2/c1-2-12-31(13-3-1)47-48(34-22-25-44-40(27-34)37-16-8-9-17-43(37)51-44)49-41-24-21-32(28-42(41)50-47)39-26-33-19-18-29-10-4-6-14-35(29)45(33)38-23-20-30-11-5-7-15-36(30)46(38)39;1-3-10-29(11-4-1)41-42(30-12-5-2-6-13-30)44-39-26-32(20-24-38(39)43-41)31-19-21-35-33(25-31)16-15-28-18-22-36-34-14-8-7-9-27(34)17-23-37(36)40(28)35/h1-28H;1-10,12-26,29H,11H2. The number of hydrogen-bond acceptors (Lipinski definition) is 5. The minimum Gasteiger partial charge on any atom is -0.456 e. The van der Waals surface area contributed by atoms with E-state index in [-0.39, 0.29) is 5.92 Å². The highest BCUT2D eigenvalue weighted by molar-refractivity contribution is 6.29. The van der Waals surface area contributed by atoms with E-state index in [2.05, 4.69) is 291 Å². The lowest BCUT2D eigenvalue weighted by Crippen LogP contribution is -2.05. The van der Waals surface area contributed by atoms with Crippen molar-refractivity contribution in [3.05, 3.63) is 327 Å². The molecule has 0 N–H and O–H groups in total. The van der Waals surface area contributed by atoms with Crippen molar-refractivity contribution in [2.24, 2.45) is 0 Å². The first-order chi connectivity index (χ1) is 47.1. The molecule has 0 saturated heterocycles. The number of furan rings is 1. The van der Waals surface area contributed by atoms with Gasteiger partial charge in [0.2, 0.25) is 0 Å². The van der Waals surface area contributed by atoms with Gasteiger partial charge in [0.25, 0.3) is 0 Å². The minimum atomic E-state index is 0.219. The number of aromatic nitrogens is 4. The van der Waals surface area contributed by atoms with Gasteiger partial charge in [-0.1, -0.05) is 261 Å². The molecule has 5 nitrogen and oxygen atoms in total. The first-order valence-electron chi connectivity index (χ1n) is 32.6. The van der Waals surface area contributed by atoms with Gasteiger partial charge in [-0.05, 0) is 176 Å². The molecule has 5 heteroatoms. The van der Waals surface area contributed by atoms with Crippen molar-refractivity contribution in [3.8, 4) is 56.0 Å². The molecule has 1 aliphatic carbocycles. The lowest BCUT2D eigenvalue weighted by atomic mass is 9.88. The molecule has 0 fully saturated rings. The molecule has 0 aliphatic heterocycles. The fourth-order valence-corrected chi connectivity index (χ4v) is 15.0. The van der Waals surface area contributed by atoms with Gasteiger partial charge in [0.05, 0.1) is 44.8 Å². The van der Waals surface area contributed by atoms with Crippen molar-refractivity contribution >= 4 is 130 Å². The fraction of sp³-hybridized carbons (Fsp3) is 0.0222. The molecular formula is C90H56N4O. The van der Waals surface area contributed by atoms with Gasteiger partial charge in [0.15, 0.2) is 0 Å². The smallest absolute Gasteiger partial charge is 0.135 e. The Morgan fingerprint density at radius 2 is 0.768 bits per heavy atom. The van der Waals surface area contributed by atoms with Gasteiger partial charge in [0.1, 0.15) is 11.2 Å². The molecule has 3 heterocycles. The van der Waals surface area contributed by atoms with E-state index in [1.807, 2.05) is 30.3 Å². The first kappa shape index (κ1) is 54.3. The van der Waals surface area contributed by atoms with E-state index in [0.717, 1.165) is 101 Å². The summed E-state index contributed by atoms with van der Waals surface area (Å²) in [6.07, 6.45) is 9.61. The molecule has 442 valence electrons. The molecule has 16 aromatic carbocycles. The van der Waals surface area contributed by atoms with E-state index >= 15 is 0 Å². The number of hydrogen-bond donors (Lipinski definition) is 0. The van der Waals surface area contributed by atoms with Gasteiger partial charge in [-0.25, -0.2) is 19.9 Å². The number of fused-ring (bicyclic) bond motifs is 19. The van der Waals surface area contributed by atoms with Crippen LogP contribution in [0.5, 0.6) is 0 Å². The number of para-hydroxylation sites is 1. The highest BCUT2D eigenvalue weighted by Gasteiger charge is 2.22. The molecule has 0 radical (unpaired) electrons. The van der Waals surface area contributed by atoms with Crippen LogP contribution in [0.3, 0.4) is 0 Å². The van der Waals surface area contributed by atoms with E-state index < -0.39 is 0 Å². The van der Waals surface area contributed by atoms with Gasteiger partial charge < -0.3 is 4.42 Å². The van der Waals surface area contributed by atoms with Crippen LogP contribution in [0.1, 0.15) is 18.0 Å². The molecule has 20 rings (SSSR count). The van der Waals surface area contributed by atoms with Crippen molar-refractivity contribution in [2.75, 3.05) is 0 Å². The Morgan fingerprint density at radius 3 is 1.55 bits per heavy atom. The van der Waals surface area contributed by atoms with Crippen molar-refractivity contribution in [2.45, 2.75) is 12.3 Å². The third-order valence-electron chi connectivity index (χ3n) is 19.5. The molecule has 3 aromatic heterocycles. The zero-order valence-corrected chi connectivity index (χ0v) is 51.6. The summed E-state index contributed by atoms with van der Waals surface area (Å²) in [5.74, 6) is 0.219. The summed E-state index contributed by atoms with van der Waals surface area (Å²) in [6, 6.07) is 106. The van der Waals surface area contributed by atoms with Gasteiger partial charge in [-0.2, -0.15) is 0 Å². The maximum atomic E-state index is 6.15. The second-order valence-corrected chi connectivity index (χ2v) is 25.0. The van der Waals surface area contributed by atoms with Crippen molar-refractivity contribution < 1.29 is 4.42 Å². The summed E-state index contributed by atoms with van der Waals surface area (Å²) in [5.41, 5.74) is 16.8. The highest BCUT2D eigenvalue weighted by atomic mass is 16.3. The van der Waals surface area contributed by atoms with Crippen LogP contribution in [0.25, 0.3) is 186 Å². The summed E-state index contributed by atoms with van der Waals surface area (Å²) in [6.45, 7) is 0. The quantitative estimate of drug-likeness (QED) is 0.155. The summed E-state index contributed by atoms with van der Waals surface area (Å²) in [5, 5.41) is 22.4. The van der Waals surface area contributed by atoms with Crippen LogP contribution in [0, 0.1) is 0 Å². The maximum absolute atomic E-state index is 6.15. The lowest BCUT2D eigenvalue weighted by molar-refractivity contribution is 0.669. The Labute approximate surface area is 546 Å². The SMILES string of the molecule is C1=CCC(c2nc3ccc(-c4ccc5c(ccc6ccc7c8ccccc8ccc7c65)c4)cc3nc2-c2ccccc2)C=C1.c1ccc(-c2nc3cc(-c4cc5ccc6ccccc6c5c5ccc6ccccc6c45)ccc3nc2-c2ccc3oc4ccccc4c3c2)cc1. The van der Waals surface area contributed by atoms with E-state index in [1.165, 1.54) is 97.3 Å². The molecule has 0 spiro atoms. The summed E-state index contributed by atoms with van der Waals surface area (Å²) >= 11 is 0. The number of rotatable bonds is 6. The van der Waals surface area contributed by atoms with Crippen LogP contribution >= 0.6 is 0 Å². The number of benzene rings is 16. The molecule has 0 bridgehead atoms. The number of nitrogens with zero attached hydrogens (tertiary/aromatic N) is 4. The normalized spacial score (nSPS) is 13.2. The monoisotopic (exact) mass is 1210 g/mol. The summed E-state index contributed by atoms with van der Waals surface area (Å²) in [4.78, 5) is 21.2. The van der Waals surface area contributed by atoms with E-state index in [9.17, 15) is 0 Å². The molecule has 19 aromatic rings. The summed E-state index contributed by atoms with van der Waals surface area (Å²) in [7, 11) is 0. The third kappa shape index (κ3) is 9.23. The zero-order valence-electron chi connectivity index (χ0n) is 51.6. The Morgan fingerprint density at radius 1 is 0.263 bits per heavy atom. The predicted molar refractivity (Wildman–Crippen MR) is 399 cm³/mol. The van der Waals surface area contributed by atoms with Crippen LogP contribution in [-0.2, 0) is 0 Å². The van der Waals surface area contributed by atoms with E-state index in [1.54, 1.807) is 0 Å². The highest BCUT2D eigenvalue weighted by Crippen LogP contribution is 2.45.